The molecule has 2 fully saturated rings. The van der Waals surface area contributed by atoms with Crippen LogP contribution in [0.25, 0.3) is 0 Å². The van der Waals surface area contributed by atoms with E-state index in [1.165, 1.54) is 6.20 Å². The lowest BCUT2D eigenvalue weighted by molar-refractivity contribution is -0.142. The summed E-state index contributed by atoms with van der Waals surface area (Å²) in [5.41, 5.74) is 0.507. The molecule has 0 saturated carbocycles. The van der Waals surface area contributed by atoms with Crippen LogP contribution in [0.5, 0.6) is 0 Å². The van der Waals surface area contributed by atoms with E-state index in [2.05, 4.69) is 10.2 Å². The second-order valence-electron chi connectivity index (χ2n) is 4.68. The summed E-state index contributed by atoms with van der Waals surface area (Å²) < 4.78 is 0. The van der Waals surface area contributed by atoms with Crippen molar-refractivity contribution >= 4 is 11.9 Å². The first-order chi connectivity index (χ1) is 8.18. The summed E-state index contributed by atoms with van der Waals surface area (Å²) in [4.78, 5) is 25.0. The molecule has 17 heavy (non-hydrogen) atoms. The lowest BCUT2D eigenvalue weighted by Crippen LogP contribution is -2.37. The van der Waals surface area contributed by atoms with E-state index in [0.29, 0.717) is 12.0 Å². The Balaban J connectivity index is 1.86. The van der Waals surface area contributed by atoms with E-state index >= 15 is 0 Å². The van der Waals surface area contributed by atoms with Crippen molar-refractivity contribution in [3.63, 3.8) is 0 Å². The molecule has 2 saturated heterocycles. The summed E-state index contributed by atoms with van der Waals surface area (Å²) in [6.07, 6.45) is 5.33. The van der Waals surface area contributed by atoms with Gasteiger partial charge in [-0.15, -0.1) is 0 Å². The highest BCUT2D eigenvalue weighted by atomic mass is 16.4. The minimum absolute atomic E-state index is 0.0866. The summed E-state index contributed by atoms with van der Waals surface area (Å²) in [5.74, 6) is -1.29. The highest BCUT2D eigenvalue weighted by Gasteiger charge is 2.51. The molecule has 90 valence electrons. The summed E-state index contributed by atoms with van der Waals surface area (Å²) in [5, 5.41) is 15.5. The van der Waals surface area contributed by atoms with E-state index in [1.54, 1.807) is 11.1 Å². The van der Waals surface area contributed by atoms with Gasteiger partial charge in [0.2, 0.25) is 0 Å². The number of carboxylic acids is 1. The number of aliphatic carboxylic acids is 1. The number of amides is 1. The molecular formula is C11H13N3O3. The second kappa shape index (κ2) is 3.58. The SMILES string of the molecule is O=C(O)C1CC2CCC1N2C(=O)c1cn[nH]c1. The molecule has 2 aliphatic rings. The molecule has 1 aromatic heterocycles. The van der Waals surface area contributed by atoms with Gasteiger partial charge in [0.15, 0.2) is 0 Å². The van der Waals surface area contributed by atoms with Crippen LogP contribution >= 0.6 is 0 Å². The van der Waals surface area contributed by atoms with Gasteiger partial charge in [-0.25, -0.2) is 0 Å². The number of hydrogen-bond acceptors (Lipinski definition) is 3. The molecule has 2 N–H and O–H groups in total. The minimum Gasteiger partial charge on any atom is -0.481 e. The van der Waals surface area contributed by atoms with Gasteiger partial charge < -0.3 is 10.0 Å². The predicted octanol–water partition coefficient (Wildman–Crippen LogP) is 0.487. The third-order valence-electron chi connectivity index (χ3n) is 3.83. The number of carbonyl (C=O) groups excluding carboxylic acids is 1. The summed E-state index contributed by atoms with van der Waals surface area (Å²) in [6.45, 7) is 0. The largest absolute Gasteiger partial charge is 0.481 e. The number of fused-ring (bicyclic) bond motifs is 2. The molecule has 1 amide bonds. The number of carbonyl (C=O) groups is 2. The topological polar surface area (TPSA) is 86.3 Å². The fourth-order valence-electron chi connectivity index (χ4n) is 3.09. The van der Waals surface area contributed by atoms with E-state index in [0.717, 1.165) is 12.8 Å². The Morgan fingerprint density at radius 2 is 2.29 bits per heavy atom. The average Bonchev–Trinajstić information content (AvgIpc) is 3.03. The molecule has 2 aliphatic heterocycles. The smallest absolute Gasteiger partial charge is 0.308 e. The monoisotopic (exact) mass is 235 g/mol. The van der Waals surface area contributed by atoms with Crippen LogP contribution in [0.3, 0.4) is 0 Å². The Morgan fingerprint density at radius 1 is 1.47 bits per heavy atom. The number of hydrogen-bond donors (Lipinski definition) is 2. The third-order valence-corrected chi connectivity index (χ3v) is 3.83. The molecule has 3 rings (SSSR count). The normalized spacial score (nSPS) is 30.8. The first kappa shape index (κ1) is 10.3. The van der Waals surface area contributed by atoms with Gasteiger partial charge >= 0.3 is 5.97 Å². The number of H-pyrrole nitrogens is 1. The zero-order valence-electron chi connectivity index (χ0n) is 9.17. The van der Waals surface area contributed by atoms with Crippen molar-refractivity contribution in [2.45, 2.75) is 31.3 Å². The van der Waals surface area contributed by atoms with Gasteiger partial charge in [-0.05, 0) is 19.3 Å². The molecule has 6 heteroatoms. The van der Waals surface area contributed by atoms with Crippen molar-refractivity contribution < 1.29 is 14.7 Å². The van der Waals surface area contributed by atoms with Crippen LogP contribution in [0, 0.1) is 5.92 Å². The van der Waals surface area contributed by atoms with Crippen LogP contribution in [0.1, 0.15) is 29.6 Å². The van der Waals surface area contributed by atoms with Gasteiger partial charge in [0.1, 0.15) is 0 Å². The van der Waals surface area contributed by atoms with E-state index in [1.807, 2.05) is 0 Å². The maximum atomic E-state index is 12.2. The number of aromatic amines is 1. The van der Waals surface area contributed by atoms with Crippen LogP contribution in [0.15, 0.2) is 12.4 Å². The molecule has 3 atom stereocenters. The second-order valence-corrected chi connectivity index (χ2v) is 4.68. The van der Waals surface area contributed by atoms with Crippen LogP contribution in [-0.2, 0) is 4.79 Å². The van der Waals surface area contributed by atoms with Gasteiger partial charge in [-0.2, -0.15) is 5.10 Å². The van der Waals surface area contributed by atoms with E-state index in [9.17, 15) is 9.59 Å². The average molecular weight is 235 g/mol. The lowest BCUT2D eigenvalue weighted by Gasteiger charge is -2.22. The van der Waals surface area contributed by atoms with Crippen LogP contribution in [0.2, 0.25) is 0 Å². The quantitative estimate of drug-likeness (QED) is 0.781. The zero-order chi connectivity index (χ0) is 12.0. The molecule has 6 nitrogen and oxygen atoms in total. The van der Waals surface area contributed by atoms with Crippen molar-refractivity contribution in [1.82, 2.24) is 15.1 Å². The molecule has 0 aromatic carbocycles. The number of aromatic nitrogens is 2. The first-order valence-electron chi connectivity index (χ1n) is 5.72. The van der Waals surface area contributed by atoms with Gasteiger partial charge in [0, 0.05) is 18.3 Å². The van der Waals surface area contributed by atoms with Crippen molar-refractivity contribution in [2.75, 3.05) is 0 Å². The van der Waals surface area contributed by atoms with E-state index < -0.39 is 11.9 Å². The number of nitrogens with one attached hydrogen (secondary N) is 1. The number of rotatable bonds is 2. The Morgan fingerprint density at radius 3 is 2.88 bits per heavy atom. The summed E-state index contributed by atoms with van der Waals surface area (Å²) >= 11 is 0. The van der Waals surface area contributed by atoms with Gasteiger partial charge in [-0.3, -0.25) is 14.7 Å². The molecular weight excluding hydrogens is 222 g/mol. The van der Waals surface area contributed by atoms with E-state index in [4.69, 9.17) is 5.11 Å². The first-order valence-corrected chi connectivity index (χ1v) is 5.72. The van der Waals surface area contributed by atoms with E-state index in [-0.39, 0.29) is 18.0 Å². The maximum absolute atomic E-state index is 12.2. The number of nitrogens with zero attached hydrogens (tertiary/aromatic N) is 2. The molecule has 0 radical (unpaired) electrons. The lowest BCUT2D eigenvalue weighted by atomic mass is 9.89. The molecule has 0 spiro atoms. The fourth-order valence-corrected chi connectivity index (χ4v) is 3.09. The van der Waals surface area contributed by atoms with Gasteiger partial charge in [0.05, 0.1) is 17.7 Å². The molecule has 0 aliphatic carbocycles. The molecule has 2 bridgehead atoms. The van der Waals surface area contributed by atoms with Crippen molar-refractivity contribution in [2.24, 2.45) is 5.92 Å². The highest BCUT2D eigenvalue weighted by molar-refractivity contribution is 5.95. The third kappa shape index (κ3) is 1.44. The van der Waals surface area contributed by atoms with Crippen LogP contribution < -0.4 is 0 Å². The number of carboxylic acid groups (broad SMARTS) is 1. The van der Waals surface area contributed by atoms with Crippen molar-refractivity contribution in [1.29, 1.82) is 0 Å². The standard InChI is InChI=1S/C11H13N3O3/c15-10(6-4-12-13-5-6)14-7-1-2-9(14)8(3-7)11(16)17/h4-5,7-9H,1-3H2,(H,12,13)(H,16,17). The Bertz CT molecular complexity index is 457. The zero-order valence-corrected chi connectivity index (χ0v) is 9.17. The Labute approximate surface area is 97.6 Å². The van der Waals surface area contributed by atoms with Crippen molar-refractivity contribution in [3.05, 3.63) is 18.0 Å². The van der Waals surface area contributed by atoms with Gasteiger partial charge in [0.25, 0.3) is 5.91 Å². The van der Waals surface area contributed by atoms with Crippen molar-refractivity contribution in [3.8, 4) is 0 Å². The Hall–Kier alpha value is -1.85. The predicted molar refractivity (Wildman–Crippen MR) is 57.3 cm³/mol. The summed E-state index contributed by atoms with van der Waals surface area (Å²) in [7, 11) is 0. The van der Waals surface area contributed by atoms with Gasteiger partial charge in [-0.1, -0.05) is 0 Å². The summed E-state index contributed by atoms with van der Waals surface area (Å²) in [6, 6.07) is -0.0524. The Kier molecular flexibility index (Phi) is 2.17. The molecule has 3 unspecified atom stereocenters. The molecule has 3 heterocycles. The minimum atomic E-state index is -0.790. The fraction of sp³-hybridized carbons (Fsp3) is 0.545. The maximum Gasteiger partial charge on any atom is 0.308 e. The molecule has 1 aromatic rings. The highest BCUT2D eigenvalue weighted by Crippen LogP contribution is 2.42. The van der Waals surface area contributed by atoms with Crippen LogP contribution in [-0.4, -0.2) is 44.2 Å². The van der Waals surface area contributed by atoms with Crippen LogP contribution in [0.4, 0.5) is 0 Å².